The molecule has 31 heavy (non-hydrogen) atoms. The SMILES string of the molecule is O=C(c1ccccc1)c1cc(C(=O)c2ccccc2)c(OCc2ccccc2)cc1O. The third-order valence-electron chi connectivity index (χ3n) is 4.90. The first kappa shape index (κ1) is 20.1. The predicted molar refractivity (Wildman–Crippen MR) is 119 cm³/mol. The van der Waals surface area contributed by atoms with E-state index in [0.717, 1.165) is 5.56 Å². The van der Waals surface area contributed by atoms with Crippen LogP contribution in [0.1, 0.15) is 37.4 Å². The van der Waals surface area contributed by atoms with Crippen LogP contribution in [0, 0.1) is 0 Å². The van der Waals surface area contributed by atoms with E-state index in [4.69, 9.17) is 4.74 Å². The molecule has 0 saturated carbocycles. The van der Waals surface area contributed by atoms with Crippen LogP contribution in [0.5, 0.6) is 11.5 Å². The van der Waals surface area contributed by atoms with Crippen molar-refractivity contribution in [3.8, 4) is 11.5 Å². The molecule has 0 heterocycles. The normalized spacial score (nSPS) is 10.5. The number of hydrogen-bond acceptors (Lipinski definition) is 4. The molecule has 0 unspecified atom stereocenters. The molecule has 0 atom stereocenters. The molecule has 0 bridgehead atoms. The van der Waals surface area contributed by atoms with Crippen molar-refractivity contribution in [2.24, 2.45) is 0 Å². The molecular weight excluding hydrogens is 388 g/mol. The lowest BCUT2D eigenvalue weighted by molar-refractivity contribution is 0.103. The molecule has 152 valence electrons. The van der Waals surface area contributed by atoms with Crippen molar-refractivity contribution in [1.82, 2.24) is 0 Å². The van der Waals surface area contributed by atoms with Crippen molar-refractivity contribution >= 4 is 11.6 Å². The van der Waals surface area contributed by atoms with Gasteiger partial charge in [-0.05, 0) is 11.6 Å². The molecule has 4 heteroatoms. The lowest BCUT2D eigenvalue weighted by atomic mass is 9.95. The summed E-state index contributed by atoms with van der Waals surface area (Å²) < 4.78 is 5.89. The van der Waals surface area contributed by atoms with Crippen LogP contribution >= 0.6 is 0 Å². The van der Waals surface area contributed by atoms with Gasteiger partial charge in [-0.15, -0.1) is 0 Å². The van der Waals surface area contributed by atoms with Crippen LogP contribution in [0.25, 0.3) is 0 Å². The minimum Gasteiger partial charge on any atom is -0.507 e. The molecule has 0 saturated heterocycles. The average molecular weight is 408 g/mol. The van der Waals surface area contributed by atoms with Gasteiger partial charge in [-0.1, -0.05) is 91.0 Å². The van der Waals surface area contributed by atoms with Crippen molar-refractivity contribution in [3.05, 3.63) is 131 Å². The summed E-state index contributed by atoms with van der Waals surface area (Å²) >= 11 is 0. The monoisotopic (exact) mass is 408 g/mol. The number of ether oxygens (including phenoxy) is 1. The smallest absolute Gasteiger partial charge is 0.196 e. The van der Waals surface area contributed by atoms with Crippen LogP contribution < -0.4 is 4.74 Å². The molecule has 0 aliphatic heterocycles. The van der Waals surface area contributed by atoms with E-state index in [2.05, 4.69) is 0 Å². The Bertz CT molecular complexity index is 1200. The standard InChI is InChI=1S/C27H20O4/c28-24-17-25(31-18-19-10-4-1-5-11-19)23(27(30)21-14-8-3-9-15-21)16-22(24)26(29)20-12-6-2-7-13-20/h1-17,28H,18H2. The van der Waals surface area contributed by atoms with E-state index in [1.165, 1.54) is 12.1 Å². The lowest BCUT2D eigenvalue weighted by Crippen LogP contribution is -2.09. The molecule has 4 aromatic rings. The van der Waals surface area contributed by atoms with Gasteiger partial charge >= 0.3 is 0 Å². The lowest BCUT2D eigenvalue weighted by Gasteiger charge is -2.14. The Morgan fingerprint density at radius 2 is 1.13 bits per heavy atom. The fraction of sp³-hybridized carbons (Fsp3) is 0.0370. The van der Waals surface area contributed by atoms with Crippen LogP contribution in [-0.4, -0.2) is 16.7 Å². The fourth-order valence-corrected chi connectivity index (χ4v) is 3.27. The van der Waals surface area contributed by atoms with Gasteiger partial charge in [0.15, 0.2) is 11.6 Å². The Labute approximate surface area is 180 Å². The van der Waals surface area contributed by atoms with Gasteiger partial charge < -0.3 is 9.84 Å². The Hall–Kier alpha value is -4.18. The highest BCUT2D eigenvalue weighted by atomic mass is 16.5. The number of phenols is 1. The largest absolute Gasteiger partial charge is 0.507 e. The fourth-order valence-electron chi connectivity index (χ4n) is 3.27. The summed E-state index contributed by atoms with van der Waals surface area (Å²) in [5.74, 6) is -0.665. The second kappa shape index (κ2) is 9.09. The molecule has 4 rings (SSSR count). The van der Waals surface area contributed by atoms with Crippen LogP contribution in [0.3, 0.4) is 0 Å². The third-order valence-corrected chi connectivity index (χ3v) is 4.90. The molecule has 4 nitrogen and oxygen atoms in total. The zero-order chi connectivity index (χ0) is 21.6. The van der Waals surface area contributed by atoms with Crippen molar-refractivity contribution in [2.45, 2.75) is 6.61 Å². The first-order chi connectivity index (χ1) is 15.1. The molecule has 0 aliphatic rings. The Morgan fingerprint density at radius 3 is 1.68 bits per heavy atom. The zero-order valence-corrected chi connectivity index (χ0v) is 16.7. The van der Waals surface area contributed by atoms with Gasteiger partial charge in [0.25, 0.3) is 0 Å². The summed E-state index contributed by atoms with van der Waals surface area (Å²) in [6.07, 6.45) is 0. The van der Waals surface area contributed by atoms with E-state index in [-0.39, 0.29) is 40.8 Å². The highest BCUT2D eigenvalue weighted by Gasteiger charge is 2.22. The van der Waals surface area contributed by atoms with Gasteiger partial charge in [0.05, 0.1) is 11.1 Å². The van der Waals surface area contributed by atoms with E-state index in [1.807, 2.05) is 42.5 Å². The van der Waals surface area contributed by atoms with Gasteiger partial charge in [0.2, 0.25) is 0 Å². The van der Waals surface area contributed by atoms with Gasteiger partial charge in [0.1, 0.15) is 18.1 Å². The molecule has 0 amide bonds. The Kier molecular flexibility index (Phi) is 5.90. The molecule has 0 radical (unpaired) electrons. The second-order valence-corrected chi connectivity index (χ2v) is 7.03. The Morgan fingerprint density at radius 1 is 0.645 bits per heavy atom. The van der Waals surface area contributed by atoms with Crippen LogP contribution in [0.15, 0.2) is 103 Å². The molecule has 0 aliphatic carbocycles. The average Bonchev–Trinajstić information content (AvgIpc) is 2.83. The number of hydrogen-bond donors (Lipinski definition) is 1. The summed E-state index contributed by atoms with van der Waals surface area (Å²) in [5.41, 5.74) is 2.09. The van der Waals surface area contributed by atoms with Gasteiger partial charge in [0, 0.05) is 17.2 Å². The maximum Gasteiger partial charge on any atom is 0.196 e. The van der Waals surface area contributed by atoms with Gasteiger partial charge in [-0.3, -0.25) is 9.59 Å². The first-order valence-electron chi connectivity index (χ1n) is 9.86. The summed E-state index contributed by atoms with van der Waals surface area (Å²) in [4.78, 5) is 26.2. The molecule has 1 N–H and O–H groups in total. The topological polar surface area (TPSA) is 63.6 Å². The van der Waals surface area contributed by atoms with E-state index in [0.29, 0.717) is 11.1 Å². The zero-order valence-electron chi connectivity index (χ0n) is 16.7. The summed E-state index contributed by atoms with van der Waals surface area (Å²) in [6.45, 7) is 0.224. The van der Waals surface area contributed by atoms with Crippen LogP contribution in [0.4, 0.5) is 0 Å². The number of phenolic OH excluding ortho intramolecular Hbond substituents is 1. The highest BCUT2D eigenvalue weighted by molar-refractivity contribution is 6.15. The third kappa shape index (κ3) is 4.54. The number of ketones is 2. The number of rotatable bonds is 7. The van der Waals surface area contributed by atoms with E-state index in [9.17, 15) is 14.7 Å². The van der Waals surface area contributed by atoms with Gasteiger partial charge in [-0.25, -0.2) is 0 Å². The minimum absolute atomic E-state index is 0.0533. The molecule has 0 aromatic heterocycles. The predicted octanol–water partition coefficient (Wildman–Crippen LogP) is 5.43. The first-order valence-corrected chi connectivity index (χ1v) is 9.86. The molecular formula is C27H20O4. The number of aromatic hydroxyl groups is 1. The van der Waals surface area contributed by atoms with Crippen LogP contribution in [-0.2, 0) is 6.61 Å². The maximum atomic E-state index is 13.2. The Balaban J connectivity index is 1.75. The quantitative estimate of drug-likeness (QED) is 0.414. The molecule has 0 spiro atoms. The maximum absolute atomic E-state index is 13.2. The molecule has 4 aromatic carbocycles. The number of carbonyl (C=O) groups excluding carboxylic acids is 2. The van der Waals surface area contributed by atoms with Crippen LogP contribution in [0.2, 0.25) is 0 Å². The van der Waals surface area contributed by atoms with E-state index < -0.39 is 0 Å². The highest BCUT2D eigenvalue weighted by Crippen LogP contribution is 2.32. The minimum atomic E-state index is -0.366. The van der Waals surface area contributed by atoms with Crippen molar-refractivity contribution in [1.29, 1.82) is 0 Å². The van der Waals surface area contributed by atoms with E-state index >= 15 is 0 Å². The van der Waals surface area contributed by atoms with E-state index in [1.54, 1.807) is 48.5 Å². The summed E-state index contributed by atoms with van der Waals surface area (Å²) in [7, 11) is 0. The van der Waals surface area contributed by atoms with Crippen molar-refractivity contribution in [2.75, 3.05) is 0 Å². The second-order valence-electron chi connectivity index (χ2n) is 7.03. The summed E-state index contributed by atoms with van der Waals surface area (Å²) in [5, 5.41) is 10.6. The van der Waals surface area contributed by atoms with Crippen molar-refractivity contribution in [3.63, 3.8) is 0 Å². The number of carbonyl (C=O) groups is 2. The van der Waals surface area contributed by atoms with Crippen molar-refractivity contribution < 1.29 is 19.4 Å². The van der Waals surface area contributed by atoms with Gasteiger partial charge in [-0.2, -0.15) is 0 Å². The number of benzene rings is 4. The summed E-state index contributed by atoms with van der Waals surface area (Å²) in [6, 6.07) is 29.7. The molecule has 0 fully saturated rings.